The van der Waals surface area contributed by atoms with Gasteiger partial charge >= 0.3 is 0 Å². The average molecular weight is 425 g/mol. The Morgan fingerprint density at radius 1 is 0.875 bits per heavy atom. The average Bonchev–Trinajstić information content (AvgIpc) is 3.11. The molecule has 32 heavy (non-hydrogen) atoms. The van der Waals surface area contributed by atoms with Crippen molar-refractivity contribution < 1.29 is 4.79 Å². The highest BCUT2D eigenvalue weighted by atomic mass is 16.2. The van der Waals surface area contributed by atoms with Crippen LogP contribution in [0.15, 0.2) is 66.9 Å². The zero-order valence-electron chi connectivity index (χ0n) is 18.9. The minimum Gasteiger partial charge on any atom is -0.353 e. The van der Waals surface area contributed by atoms with E-state index < -0.39 is 0 Å². The molecular formula is C27H28N4O. The molecule has 162 valence electrons. The van der Waals surface area contributed by atoms with Gasteiger partial charge in [-0.15, -0.1) is 0 Å². The van der Waals surface area contributed by atoms with E-state index in [4.69, 9.17) is 0 Å². The smallest absolute Gasteiger partial charge is 0.256 e. The predicted molar refractivity (Wildman–Crippen MR) is 130 cm³/mol. The first kappa shape index (κ1) is 20.3. The molecule has 0 atom stereocenters. The minimum atomic E-state index is 0.110. The van der Waals surface area contributed by atoms with E-state index in [9.17, 15) is 4.79 Å². The molecule has 0 saturated carbocycles. The molecule has 4 aromatic rings. The van der Waals surface area contributed by atoms with Gasteiger partial charge in [-0.1, -0.05) is 36.4 Å². The van der Waals surface area contributed by atoms with E-state index in [0.29, 0.717) is 13.1 Å². The maximum atomic E-state index is 13.9. The molecule has 0 N–H and O–H groups in total. The molecule has 1 saturated heterocycles. The number of fused-ring (bicyclic) bond motifs is 1. The summed E-state index contributed by atoms with van der Waals surface area (Å²) in [5.74, 6) is 1.08. The zero-order chi connectivity index (χ0) is 22.2. The fourth-order valence-corrected chi connectivity index (χ4v) is 4.68. The Morgan fingerprint density at radius 2 is 1.56 bits per heavy atom. The molecule has 3 heterocycles. The standard InChI is InChI=1S/C27H28N4O/c1-19-17-22-23(18-20(19)2)29(3)26(21-9-5-4-6-10-21)25(22)27(32)31-15-13-30(14-16-31)24-11-7-8-12-28-24/h4-12,17-18H,13-16H2,1-3H3. The molecule has 0 unspecified atom stereocenters. The number of aromatic nitrogens is 2. The maximum absolute atomic E-state index is 13.9. The van der Waals surface area contributed by atoms with Crippen LogP contribution in [0.3, 0.4) is 0 Å². The Kier molecular flexibility index (Phi) is 5.17. The SMILES string of the molecule is Cc1cc2c(C(=O)N3CCN(c4ccccn4)CC3)c(-c3ccccc3)n(C)c2cc1C. The topological polar surface area (TPSA) is 41.4 Å². The molecule has 2 aromatic heterocycles. The molecule has 5 rings (SSSR count). The summed E-state index contributed by atoms with van der Waals surface area (Å²) < 4.78 is 2.18. The molecule has 0 bridgehead atoms. The third kappa shape index (κ3) is 3.44. The van der Waals surface area contributed by atoms with Crippen LogP contribution in [-0.2, 0) is 7.05 Å². The van der Waals surface area contributed by atoms with Crippen LogP contribution in [0.1, 0.15) is 21.5 Å². The second kappa shape index (κ2) is 8.15. The molecule has 1 aliphatic rings. The lowest BCUT2D eigenvalue weighted by Crippen LogP contribution is -2.49. The molecular weight excluding hydrogens is 396 g/mol. The Labute approximate surface area is 188 Å². The van der Waals surface area contributed by atoms with Gasteiger partial charge in [-0.2, -0.15) is 0 Å². The summed E-state index contributed by atoms with van der Waals surface area (Å²) in [6.45, 7) is 7.18. The molecule has 2 aromatic carbocycles. The van der Waals surface area contributed by atoms with E-state index in [1.165, 1.54) is 11.1 Å². The molecule has 1 aliphatic heterocycles. The first-order chi connectivity index (χ1) is 15.5. The highest BCUT2D eigenvalue weighted by Crippen LogP contribution is 2.35. The summed E-state index contributed by atoms with van der Waals surface area (Å²) in [4.78, 5) is 22.6. The summed E-state index contributed by atoms with van der Waals surface area (Å²) in [6.07, 6.45) is 1.82. The summed E-state index contributed by atoms with van der Waals surface area (Å²) in [5, 5.41) is 1.03. The number of aryl methyl sites for hydroxylation is 3. The van der Waals surface area contributed by atoms with Gasteiger partial charge < -0.3 is 14.4 Å². The normalized spacial score (nSPS) is 14.2. The second-order valence-electron chi connectivity index (χ2n) is 8.57. The number of pyridine rings is 1. The largest absolute Gasteiger partial charge is 0.353 e. The number of carbonyl (C=O) groups excluding carboxylic acids is 1. The van der Waals surface area contributed by atoms with Crippen LogP contribution < -0.4 is 4.90 Å². The molecule has 0 spiro atoms. The maximum Gasteiger partial charge on any atom is 0.256 e. The number of carbonyl (C=O) groups is 1. The van der Waals surface area contributed by atoms with Crippen molar-refractivity contribution in [1.29, 1.82) is 0 Å². The number of rotatable bonds is 3. The predicted octanol–water partition coefficient (Wildman–Crippen LogP) is 4.82. The number of hydrogen-bond donors (Lipinski definition) is 0. The molecule has 1 amide bonds. The Hall–Kier alpha value is -3.60. The van der Waals surface area contributed by atoms with E-state index in [1.807, 2.05) is 47.5 Å². The van der Waals surface area contributed by atoms with Gasteiger partial charge in [-0.05, 0) is 54.8 Å². The first-order valence-electron chi connectivity index (χ1n) is 11.1. The lowest BCUT2D eigenvalue weighted by atomic mass is 10.0. The Balaban J connectivity index is 1.54. The highest BCUT2D eigenvalue weighted by molar-refractivity contribution is 6.13. The molecule has 5 nitrogen and oxygen atoms in total. The van der Waals surface area contributed by atoms with Crippen LogP contribution in [0.4, 0.5) is 5.82 Å². The Bertz CT molecular complexity index is 1270. The molecule has 1 fully saturated rings. The van der Waals surface area contributed by atoms with Crippen molar-refractivity contribution in [2.24, 2.45) is 7.05 Å². The van der Waals surface area contributed by atoms with Crippen LogP contribution in [0.2, 0.25) is 0 Å². The van der Waals surface area contributed by atoms with Crippen LogP contribution in [0.25, 0.3) is 22.2 Å². The van der Waals surface area contributed by atoms with Crippen molar-refractivity contribution in [1.82, 2.24) is 14.5 Å². The van der Waals surface area contributed by atoms with Gasteiger partial charge in [0.1, 0.15) is 5.82 Å². The van der Waals surface area contributed by atoms with Crippen molar-refractivity contribution in [2.45, 2.75) is 13.8 Å². The number of anilines is 1. The van der Waals surface area contributed by atoms with Gasteiger partial charge in [0.2, 0.25) is 0 Å². The fraction of sp³-hybridized carbons (Fsp3) is 0.259. The van der Waals surface area contributed by atoms with E-state index in [2.05, 4.69) is 59.6 Å². The number of nitrogens with zero attached hydrogens (tertiary/aromatic N) is 4. The van der Waals surface area contributed by atoms with Gasteiger partial charge in [0.25, 0.3) is 5.91 Å². The molecule has 5 heteroatoms. The third-order valence-corrected chi connectivity index (χ3v) is 6.62. The van der Waals surface area contributed by atoms with Crippen LogP contribution in [0.5, 0.6) is 0 Å². The van der Waals surface area contributed by atoms with E-state index in [1.54, 1.807) is 0 Å². The molecule has 0 radical (unpaired) electrons. The lowest BCUT2D eigenvalue weighted by Gasteiger charge is -2.35. The van der Waals surface area contributed by atoms with Crippen molar-refractivity contribution >= 4 is 22.6 Å². The monoisotopic (exact) mass is 424 g/mol. The lowest BCUT2D eigenvalue weighted by molar-refractivity contribution is 0.0749. The fourth-order valence-electron chi connectivity index (χ4n) is 4.68. The van der Waals surface area contributed by atoms with E-state index in [0.717, 1.165) is 46.6 Å². The second-order valence-corrected chi connectivity index (χ2v) is 8.57. The third-order valence-electron chi connectivity index (χ3n) is 6.62. The zero-order valence-corrected chi connectivity index (χ0v) is 18.9. The van der Waals surface area contributed by atoms with Crippen molar-refractivity contribution in [3.8, 4) is 11.3 Å². The number of benzene rings is 2. The van der Waals surface area contributed by atoms with E-state index >= 15 is 0 Å². The van der Waals surface area contributed by atoms with Crippen molar-refractivity contribution in [3.05, 3.63) is 83.6 Å². The van der Waals surface area contributed by atoms with Gasteiger partial charge in [-0.3, -0.25) is 4.79 Å². The number of hydrogen-bond acceptors (Lipinski definition) is 3. The summed E-state index contributed by atoms with van der Waals surface area (Å²) in [7, 11) is 2.06. The quantitative estimate of drug-likeness (QED) is 0.474. The highest BCUT2D eigenvalue weighted by Gasteiger charge is 2.29. The van der Waals surface area contributed by atoms with Crippen molar-refractivity contribution in [2.75, 3.05) is 31.1 Å². The van der Waals surface area contributed by atoms with Gasteiger partial charge in [0, 0.05) is 50.3 Å². The van der Waals surface area contributed by atoms with Crippen molar-refractivity contribution in [3.63, 3.8) is 0 Å². The van der Waals surface area contributed by atoms with Crippen LogP contribution in [-0.4, -0.2) is 46.5 Å². The van der Waals surface area contributed by atoms with Crippen LogP contribution in [0, 0.1) is 13.8 Å². The van der Waals surface area contributed by atoms with Gasteiger partial charge in [0.05, 0.1) is 11.3 Å². The van der Waals surface area contributed by atoms with Gasteiger partial charge in [-0.25, -0.2) is 4.98 Å². The summed E-state index contributed by atoms with van der Waals surface area (Å²) >= 11 is 0. The van der Waals surface area contributed by atoms with Crippen LogP contribution >= 0.6 is 0 Å². The summed E-state index contributed by atoms with van der Waals surface area (Å²) in [6, 6.07) is 20.6. The number of amides is 1. The molecule has 0 aliphatic carbocycles. The first-order valence-corrected chi connectivity index (χ1v) is 11.1. The van der Waals surface area contributed by atoms with Gasteiger partial charge in [0.15, 0.2) is 0 Å². The number of piperazine rings is 1. The van der Waals surface area contributed by atoms with E-state index in [-0.39, 0.29) is 5.91 Å². The summed E-state index contributed by atoms with van der Waals surface area (Å²) in [5.41, 5.74) is 6.41. The Morgan fingerprint density at radius 3 is 2.25 bits per heavy atom. The minimum absolute atomic E-state index is 0.110.